The van der Waals surface area contributed by atoms with Gasteiger partial charge in [-0.25, -0.2) is 8.78 Å². The molecule has 1 atom stereocenters. The van der Waals surface area contributed by atoms with Gasteiger partial charge in [-0.3, -0.25) is 4.79 Å². The summed E-state index contributed by atoms with van der Waals surface area (Å²) in [4.78, 5) is 12.3. The maximum atomic E-state index is 13.6. The Labute approximate surface area is 136 Å². The van der Waals surface area contributed by atoms with Crippen molar-refractivity contribution in [3.05, 3.63) is 64.7 Å². The van der Waals surface area contributed by atoms with Crippen LogP contribution in [0.2, 0.25) is 5.02 Å². The third-order valence-electron chi connectivity index (χ3n) is 2.98. The molecule has 0 spiro atoms. The van der Waals surface area contributed by atoms with Crippen LogP contribution in [0.4, 0.5) is 8.78 Å². The smallest absolute Gasteiger partial charge is 0.233 e. The minimum Gasteiger partial charge on any atom is -0.351 e. The molecule has 0 aliphatic heterocycles. The Hall–Kier alpha value is -1.59. The Morgan fingerprint density at radius 3 is 2.68 bits per heavy atom. The molecular formula is C16H14ClF2NOS. The van der Waals surface area contributed by atoms with Crippen molar-refractivity contribution in [2.45, 2.75) is 23.6 Å². The second kappa shape index (κ2) is 7.61. The summed E-state index contributed by atoms with van der Waals surface area (Å²) in [7, 11) is 0. The number of carbonyl (C=O) groups excluding carboxylic acids is 1. The van der Waals surface area contributed by atoms with Crippen molar-refractivity contribution >= 4 is 29.3 Å². The Balaban J connectivity index is 1.93. The number of halogens is 3. The fourth-order valence-corrected chi connectivity index (χ4v) is 2.87. The maximum Gasteiger partial charge on any atom is 0.233 e. The first kappa shape index (κ1) is 16.8. The molecule has 0 aliphatic carbocycles. The highest BCUT2D eigenvalue weighted by Crippen LogP contribution is 2.26. The number of thioether (sulfide) groups is 1. The zero-order valence-corrected chi connectivity index (χ0v) is 13.3. The van der Waals surface area contributed by atoms with Gasteiger partial charge in [-0.2, -0.15) is 0 Å². The zero-order valence-electron chi connectivity index (χ0n) is 11.8. The van der Waals surface area contributed by atoms with Gasteiger partial charge in [-0.05, 0) is 30.7 Å². The van der Waals surface area contributed by atoms with Crippen LogP contribution >= 0.6 is 23.4 Å². The Morgan fingerprint density at radius 2 is 2.00 bits per heavy atom. The number of carbonyl (C=O) groups is 1. The van der Waals surface area contributed by atoms with Gasteiger partial charge in [-0.15, -0.1) is 11.8 Å². The lowest BCUT2D eigenvalue weighted by atomic mass is 10.2. The van der Waals surface area contributed by atoms with Crippen molar-refractivity contribution in [3.8, 4) is 0 Å². The highest BCUT2D eigenvalue weighted by Gasteiger charge is 2.16. The number of nitrogens with one attached hydrogen (secondary N) is 1. The standard InChI is InChI=1S/C16H14ClF2NOS/c1-10(22-15-7-6-12(18)8-14(15)19)16(21)20-9-11-4-2-3-5-13(11)17/h2-8,10H,9H2,1H3,(H,20,21). The lowest BCUT2D eigenvalue weighted by molar-refractivity contribution is -0.120. The predicted octanol–water partition coefficient (Wildman–Crippen LogP) is 4.42. The molecule has 22 heavy (non-hydrogen) atoms. The van der Waals surface area contributed by atoms with Gasteiger partial charge in [-0.1, -0.05) is 29.8 Å². The summed E-state index contributed by atoms with van der Waals surface area (Å²) in [5.41, 5.74) is 0.808. The van der Waals surface area contributed by atoms with Crippen LogP contribution in [0.3, 0.4) is 0 Å². The van der Waals surface area contributed by atoms with Gasteiger partial charge in [0.2, 0.25) is 5.91 Å². The van der Waals surface area contributed by atoms with Gasteiger partial charge in [0, 0.05) is 22.5 Å². The highest BCUT2D eigenvalue weighted by molar-refractivity contribution is 8.00. The molecule has 0 aromatic heterocycles. The number of hydrogen-bond donors (Lipinski definition) is 1. The fourth-order valence-electron chi connectivity index (χ4n) is 1.78. The van der Waals surface area contributed by atoms with Crippen LogP contribution in [-0.4, -0.2) is 11.2 Å². The van der Waals surface area contributed by atoms with Crippen LogP contribution in [-0.2, 0) is 11.3 Å². The van der Waals surface area contributed by atoms with Gasteiger partial charge in [0.15, 0.2) is 0 Å². The molecule has 2 nitrogen and oxygen atoms in total. The second-order valence-corrected chi connectivity index (χ2v) is 6.43. The largest absolute Gasteiger partial charge is 0.351 e. The molecule has 0 bridgehead atoms. The van der Waals surface area contributed by atoms with Gasteiger partial charge < -0.3 is 5.32 Å². The van der Waals surface area contributed by atoms with E-state index in [1.54, 1.807) is 13.0 Å². The first-order valence-corrected chi connectivity index (χ1v) is 7.86. The molecule has 1 unspecified atom stereocenters. The first-order valence-electron chi connectivity index (χ1n) is 6.60. The Bertz CT molecular complexity index is 681. The molecule has 0 aliphatic rings. The van der Waals surface area contributed by atoms with E-state index in [4.69, 9.17) is 11.6 Å². The summed E-state index contributed by atoms with van der Waals surface area (Å²) in [6, 6.07) is 10.5. The number of amides is 1. The van der Waals surface area contributed by atoms with Gasteiger partial charge in [0.25, 0.3) is 0 Å². The maximum absolute atomic E-state index is 13.6. The van der Waals surface area contributed by atoms with Gasteiger partial charge in [0.1, 0.15) is 11.6 Å². The van der Waals surface area contributed by atoms with Crippen LogP contribution in [0, 0.1) is 11.6 Å². The molecule has 0 heterocycles. The van der Waals surface area contributed by atoms with Crippen LogP contribution in [0.15, 0.2) is 47.4 Å². The van der Waals surface area contributed by atoms with Gasteiger partial charge >= 0.3 is 0 Å². The van der Waals surface area contributed by atoms with E-state index in [2.05, 4.69) is 5.32 Å². The molecule has 1 N–H and O–H groups in total. The van der Waals surface area contributed by atoms with Crippen LogP contribution < -0.4 is 5.32 Å². The predicted molar refractivity (Wildman–Crippen MR) is 85.0 cm³/mol. The quantitative estimate of drug-likeness (QED) is 0.816. The number of benzene rings is 2. The monoisotopic (exact) mass is 341 g/mol. The average molecular weight is 342 g/mol. The molecule has 2 rings (SSSR count). The molecule has 0 radical (unpaired) electrons. The van der Waals surface area contributed by atoms with Crippen molar-refractivity contribution in [1.29, 1.82) is 0 Å². The third kappa shape index (κ3) is 4.45. The van der Waals surface area contributed by atoms with E-state index in [0.717, 1.165) is 23.4 Å². The molecule has 0 saturated heterocycles. The third-order valence-corrected chi connectivity index (χ3v) is 4.50. The molecule has 116 valence electrons. The summed E-state index contributed by atoms with van der Waals surface area (Å²) >= 11 is 7.05. The van der Waals surface area contributed by atoms with Crippen molar-refractivity contribution in [1.82, 2.24) is 5.32 Å². The van der Waals surface area contributed by atoms with Crippen LogP contribution in [0.25, 0.3) is 0 Å². The fraction of sp³-hybridized carbons (Fsp3) is 0.188. The molecular weight excluding hydrogens is 328 g/mol. The molecule has 6 heteroatoms. The normalized spacial score (nSPS) is 12.0. The minimum absolute atomic E-state index is 0.238. The van der Waals surface area contributed by atoms with Crippen molar-refractivity contribution in [2.75, 3.05) is 0 Å². The number of hydrogen-bond acceptors (Lipinski definition) is 2. The molecule has 2 aromatic rings. The van der Waals surface area contributed by atoms with E-state index in [1.165, 1.54) is 12.1 Å². The summed E-state index contributed by atoms with van der Waals surface area (Å²) in [6.07, 6.45) is 0. The lowest BCUT2D eigenvalue weighted by Crippen LogP contribution is -2.30. The molecule has 0 fully saturated rings. The lowest BCUT2D eigenvalue weighted by Gasteiger charge is -2.13. The first-order chi connectivity index (χ1) is 10.5. The number of rotatable bonds is 5. The average Bonchev–Trinajstić information content (AvgIpc) is 2.49. The van der Waals surface area contributed by atoms with Gasteiger partial charge in [0.05, 0.1) is 5.25 Å². The highest BCUT2D eigenvalue weighted by atomic mass is 35.5. The topological polar surface area (TPSA) is 29.1 Å². The SMILES string of the molecule is CC(Sc1ccc(F)cc1F)C(=O)NCc1ccccc1Cl. The van der Waals surface area contributed by atoms with Crippen LogP contribution in [0.1, 0.15) is 12.5 Å². The van der Waals surface area contributed by atoms with Crippen LogP contribution in [0.5, 0.6) is 0 Å². The van der Waals surface area contributed by atoms with Crippen molar-refractivity contribution < 1.29 is 13.6 Å². The van der Waals surface area contributed by atoms with E-state index in [1.807, 2.05) is 18.2 Å². The summed E-state index contributed by atoms with van der Waals surface area (Å²) in [5, 5.41) is 2.81. The minimum atomic E-state index is -0.671. The molecule has 2 aromatic carbocycles. The van der Waals surface area contributed by atoms with E-state index in [-0.39, 0.29) is 10.8 Å². The van der Waals surface area contributed by atoms with E-state index in [9.17, 15) is 13.6 Å². The zero-order chi connectivity index (χ0) is 16.1. The summed E-state index contributed by atoms with van der Waals surface area (Å²) < 4.78 is 26.4. The van der Waals surface area contributed by atoms with E-state index in [0.29, 0.717) is 11.6 Å². The van der Waals surface area contributed by atoms with Crippen molar-refractivity contribution in [3.63, 3.8) is 0 Å². The molecule has 0 saturated carbocycles. The summed E-state index contributed by atoms with van der Waals surface area (Å²) in [5.74, 6) is -1.55. The summed E-state index contributed by atoms with van der Waals surface area (Å²) in [6.45, 7) is 1.96. The Morgan fingerprint density at radius 1 is 1.27 bits per heavy atom. The van der Waals surface area contributed by atoms with E-state index < -0.39 is 16.9 Å². The Kier molecular flexibility index (Phi) is 5.80. The van der Waals surface area contributed by atoms with Crippen molar-refractivity contribution in [2.24, 2.45) is 0 Å². The van der Waals surface area contributed by atoms with E-state index >= 15 is 0 Å². The molecule has 1 amide bonds. The second-order valence-electron chi connectivity index (χ2n) is 4.64.